The van der Waals surface area contributed by atoms with Crippen LogP contribution < -0.4 is 0 Å². The zero-order valence-corrected chi connectivity index (χ0v) is 7.80. The van der Waals surface area contributed by atoms with Gasteiger partial charge in [-0.1, -0.05) is 25.1 Å². The molecule has 0 heterocycles. The van der Waals surface area contributed by atoms with Gasteiger partial charge in [-0.05, 0) is 36.5 Å². The Balaban J connectivity index is 2.89. The minimum Gasteiger partial charge on any atom is -0.396 e. The van der Waals surface area contributed by atoms with Crippen LogP contribution in [0.15, 0.2) is 18.2 Å². The Kier molecular flexibility index (Phi) is 3.30. The molecule has 1 aromatic rings. The van der Waals surface area contributed by atoms with E-state index < -0.39 is 0 Å². The van der Waals surface area contributed by atoms with Crippen LogP contribution in [0.4, 0.5) is 0 Å². The summed E-state index contributed by atoms with van der Waals surface area (Å²) in [5, 5.41) is 8.75. The summed E-state index contributed by atoms with van der Waals surface area (Å²) in [5.41, 5.74) is 3.97. The van der Waals surface area contributed by atoms with Crippen LogP contribution in [-0.2, 0) is 12.8 Å². The van der Waals surface area contributed by atoms with Gasteiger partial charge >= 0.3 is 0 Å². The van der Waals surface area contributed by atoms with Gasteiger partial charge in [0.2, 0.25) is 0 Å². The minimum atomic E-state index is 0.242. The SMILES string of the molecule is CCc1cc(CCO)ccc1C. The van der Waals surface area contributed by atoms with Gasteiger partial charge in [0.1, 0.15) is 0 Å². The Bertz CT molecular complexity index is 253. The molecule has 0 radical (unpaired) electrons. The zero-order valence-electron chi connectivity index (χ0n) is 7.80. The molecule has 0 saturated carbocycles. The summed E-state index contributed by atoms with van der Waals surface area (Å²) >= 11 is 0. The maximum atomic E-state index is 8.75. The fraction of sp³-hybridized carbons (Fsp3) is 0.455. The molecule has 1 N–H and O–H groups in total. The standard InChI is InChI=1S/C11H16O/c1-3-11-8-10(6-7-12)5-4-9(11)2/h4-5,8,12H,3,6-7H2,1-2H3. The maximum Gasteiger partial charge on any atom is 0.0471 e. The Morgan fingerprint density at radius 1 is 1.33 bits per heavy atom. The number of benzene rings is 1. The number of aliphatic hydroxyl groups is 1. The summed E-state index contributed by atoms with van der Waals surface area (Å²) < 4.78 is 0. The van der Waals surface area contributed by atoms with Crippen LogP contribution in [0.3, 0.4) is 0 Å². The molecule has 66 valence electrons. The summed E-state index contributed by atoms with van der Waals surface area (Å²) in [5.74, 6) is 0. The van der Waals surface area contributed by atoms with Gasteiger partial charge in [-0.3, -0.25) is 0 Å². The largest absolute Gasteiger partial charge is 0.396 e. The van der Waals surface area contributed by atoms with E-state index in [1.807, 2.05) is 0 Å². The first kappa shape index (κ1) is 9.27. The van der Waals surface area contributed by atoms with Crippen molar-refractivity contribution in [3.05, 3.63) is 34.9 Å². The second-order valence-electron chi connectivity index (χ2n) is 3.09. The van der Waals surface area contributed by atoms with Crippen molar-refractivity contribution in [2.45, 2.75) is 26.7 Å². The Morgan fingerprint density at radius 2 is 2.08 bits per heavy atom. The summed E-state index contributed by atoms with van der Waals surface area (Å²) in [7, 11) is 0. The highest BCUT2D eigenvalue weighted by Gasteiger charge is 1.97. The number of aryl methyl sites for hydroxylation is 2. The van der Waals surface area contributed by atoms with E-state index in [1.165, 1.54) is 16.7 Å². The molecule has 0 aliphatic heterocycles. The van der Waals surface area contributed by atoms with E-state index in [0.717, 1.165) is 12.8 Å². The third-order valence-electron chi connectivity index (χ3n) is 2.19. The zero-order chi connectivity index (χ0) is 8.97. The van der Waals surface area contributed by atoms with Crippen LogP contribution in [0.25, 0.3) is 0 Å². The first-order chi connectivity index (χ1) is 5.77. The summed E-state index contributed by atoms with van der Waals surface area (Å²) in [6.45, 7) is 4.53. The molecule has 0 aliphatic rings. The van der Waals surface area contributed by atoms with Gasteiger partial charge in [-0.15, -0.1) is 0 Å². The fourth-order valence-electron chi connectivity index (χ4n) is 1.39. The molecule has 0 aromatic heterocycles. The minimum absolute atomic E-state index is 0.242. The van der Waals surface area contributed by atoms with E-state index in [1.54, 1.807) is 0 Å². The fourth-order valence-corrected chi connectivity index (χ4v) is 1.39. The van der Waals surface area contributed by atoms with Crippen molar-refractivity contribution < 1.29 is 5.11 Å². The molecule has 0 unspecified atom stereocenters. The summed E-state index contributed by atoms with van der Waals surface area (Å²) in [6, 6.07) is 6.40. The predicted molar refractivity (Wildman–Crippen MR) is 51.3 cm³/mol. The van der Waals surface area contributed by atoms with Crippen molar-refractivity contribution in [3.8, 4) is 0 Å². The highest BCUT2D eigenvalue weighted by Crippen LogP contribution is 2.11. The van der Waals surface area contributed by atoms with E-state index in [9.17, 15) is 0 Å². The maximum absolute atomic E-state index is 8.75. The monoisotopic (exact) mass is 164 g/mol. The number of hydrogen-bond donors (Lipinski definition) is 1. The summed E-state index contributed by atoms with van der Waals surface area (Å²) in [4.78, 5) is 0. The van der Waals surface area contributed by atoms with Crippen LogP contribution in [0.1, 0.15) is 23.6 Å². The Morgan fingerprint density at radius 3 is 2.67 bits per heavy atom. The number of aliphatic hydroxyl groups excluding tert-OH is 1. The van der Waals surface area contributed by atoms with Gasteiger partial charge in [-0.2, -0.15) is 0 Å². The van der Waals surface area contributed by atoms with E-state index in [2.05, 4.69) is 32.0 Å². The van der Waals surface area contributed by atoms with E-state index >= 15 is 0 Å². The lowest BCUT2D eigenvalue weighted by atomic mass is 10.0. The van der Waals surface area contributed by atoms with Crippen LogP contribution in [0, 0.1) is 6.92 Å². The molecule has 0 saturated heterocycles. The smallest absolute Gasteiger partial charge is 0.0471 e. The molecular formula is C11H16O. The average molecular weight is 164 g/mol. The van der Waals surface area contributed by atoms with Gasteiger partial charge in [0.05, 0.1) is 0 Å². The highest BCUT2D eigenvalue weighted by atomic mass is 16.2. The number of rotatable bonds is 3. The molecule has 1 aromatic carbocycles. The van der Waals surface area contributed by atoms with Crippen LogP contribution in [0.5, 0.6) is 0 Å². The molecule has 0 aliphatic carbocycles. The van der Waals surface area contributed by atoms with E-state index in [4.69, 9.17) is 5.11 Å². The molecule has 1 heteroatoms. The van der Waals surface area contributed by atoms with Crippen LogP contribution in [-0.4, -0.2) is 11.7 Å². The molecule has 0 bridgehead atoms. The van der Waals surface area contributed by atoms with Gasteiger partial charge in [0.15, 0.2) is 0 Å². The Hall–Kier alpha value is -0.820. The second kappa shape index (κ2) is 4.27. The lowest BCUT2D eigenvalue weighted by Crippen LogP contribution is -1.94. The molecular weight excluding hydrogens is 148 g/mol. The molecule has 0 amide bonds. The van der Waals surface area contributed by atoms with Gasteiger partial charge in [-0.25, -0.2) is 0 Å². The van der Waals surface area contributed by atoms with Crippen molar-refractivity contribution in [3.63, 3.8) is 0 Å². The molecule has 0 spiro atoms. The van der Waals surface area contributed by atoms with Gasteiger partial charge in [0.25, 0.3) is 0 Å². The highest BCUT2D eigenvalue weighted by molar-refractivity contribution is 5.31. The van der Waals surface area contributed by atoms with Crippen LogP contribution in [0.2, 0.25) is 0 Å². The van der Waals surface area contributed by atoms with Crippen molar-refractivity contribution in [2.75, 3.05) is 6.61 Å². The normalized spacial score (nSPS) is 10.2. The third kappa shape index (κ3) is 2.08. The van der Waals surface area contributed by atoms with Crippen LogP contribution >= 0.6 is 0 Å². The Labute approximate surface area is 74.1 Å². The quantitative estimate of drug-likeness (QED) is 0.725. The van der Waals surface area contributed by atoms with Gasteiger partial charge < -0.3 is 5.11 Å². The molecule has 1 rings (SSSR count). The van der Waals surface area contributed by atoms with E-state index in [0.29, 0.717) is 0 Å². The second-order valence-corrected chi connectivity index (χ2v) is 3.09. The first-order valence-corrected chi connectivity index (χ1v) is 4.47. The molecule has 12 heavy (non-hydrogen) atoms. The molecule has 1 nitrogen and oxygen atoms in total. The summed E-state index contributed by atoms with van der Waals surface area (Å²) in [6.07, 6.45) is 1.85. The third-order valence-corrected chi connectivity index (χ3v) is 2.19. The lowest BCUT2D eigenvalue weighted by molar-refractivity contribution is 0.299. The molecule has 0 fully saturated rings. The van der Waals surface area contributed by atoms with Crippen molar-refractivity contribution >= 4 is 0 Å². The topological polar surface area (TPSA) is 20.2 Å². The lowest BCUT2D eigenvalue weighted by Gasteiger charge is -2.05. The molecule has 0 atom stereocenters. The van der Waals surface area contributed by atoms with Crippen molar-refractivity contribution in [1.29, 1.82) is 0 Å². The van der Waals surface area contributed by atoms with Gasteiger partial charge in [0, 0.05) is 6.61 Å². The predicted octanol–water partition coefficient (Wildman–Crippen LogP) is 2.09. The first-order valence-electron chi connectivity index (χ1n) is 4.47. The van der Waals surface area contributed by atoms with Crippen molar-refractivity contribution in [1.82, 2.24) is 0 Å². The number of hydrogen-bond acceptors (Lipinski definition) is 1. The van der Waals surface area contributed by atoms with Crippen molar-refractivity contribution in [2.24, 2.45) is 0 Å². The average Bonchev–Trinajstić information content (AvgIpc) is 2.09. The van der Waals surface area contributed by atoms with E-state index in [-0.39, 0.29) is 6.61 Å².